The quantitative estimate of drug-likeness (QED) is 0.531. The number of methoxy groups -OCH3 is 1. The molecule has 7 heteroatoms. The summed E-state index contributed by atoms with van der Waals surface area (Å²) < 4.78 is 35.8. The Morgan fingerprint density at radius 2 is 1.86 bits per heavy atom. The average Bonchev–Trinajstić information content (AvgIpc) is 3.06. The van der Waals surface area contributed by atoms with Gasteiger partial charge in [0, 0.05) is 12.0 Å². The Morgan fingerprint density at radius 1 is 1.10 bits per heavy atom. The third-order valence-corrected chi connectivity index (χ3v) is 5.96. The van der Waals surface area contributed by atoms with Crippen LogP contribution in [0.15, 0.2) is 59.0 Å². The highest BCUT2D eigenvalue weighted by atomic mass is 32.2. The summed E-state index contributed by atoms with van der Waals surface area (Å²) in [5.74, 6) is 0.258. The number of nitrogens with zero attached hydrogens (tertiary/aromatic N) is 1. The third kappa shape index (κ3) is 5.77. The molecule has 2 aromatic carbocycles. The van der Waals surface area contributed by atoms with Crippen molar-refractivity contribution in [2.24, 2.45) is 0 Å². The summed E-state index contributed by atoms with van der Waals surface area (Å²) in [5, 5.41) is 0. The summed E-state index contributed by atoms with van der Waals surface area (Å²) in [4.78, 5) is 16.5. The minimum Gasteiger partial charge on any atom is -0.497 e. The van der Waals surface area contributed by atoms with E-state index in [4.69, 9.17) is 9.15 Å². The van der Waals surface area contributed by atoms with Crippen molar-refractivity contribution in [2.75, 3.05) is 12.9 Å². The lowest BCUT2D eigenvalue weighted by molar-refractivity contribution is -0.116. The molecule has 1 heterocycles. The van der Waals surface area contributed by atoms with E-state index in [0.717, 1.165) is 5.56 Å². The lowest BCUT2D eigenvalue weighted by Gasteiger charge is -2.03. The number of carbonyl (C=O) groups is 1. The van der Waals surface area contributed by atoms with Crippen molar-refractivity contribution >= 4 is 15.6 Å². The molecule has 0 unspecified atom stereocenters. The van der Waals surface area contributed by atoms with Gasteiger partial charge in [0.25, 0.3) is 0 Å². The van der Waals surface area contributed by atoms with Gasteiger partial charge in [0.15, 0.2) is 9.84 Å². The zero-order valence-corrected chi connectivity index (χ0v) is 17.2. The number of oxazole rings is 1. The van der Waals surface area contributed by atoms with E-state index in [2.05, 4.69) is 4.98 Å². The summed E-state index contributed by atoms with van der Waals surface area (Å²) in [5.41, 5.74) is 2.02. The van der Waals surface area contributed by atoms with Crippen molar-refractivity contribution in [3.05, 3.63) is 71.6 Å². The summed E-state index contributed by atoms with van der Waals surface area (Å²) in [6.45, 7) is 1.67. The first kappa shape index (κ1) is 20.8. The molecular formula is C22H23NO5S. The van der Waals surface area contributed by atoms with E-state index in [1.807, 2.05) is 30.3 Å². The van der Waals surface area contributed by atoms with Gasteiger partial charge in [0.05, 0.1) is 18.6 Å². The largest absolute Gasteiger partial charge is 0.497 e. The molecule has 0 N–H and O–H groups in total. The van der Waals surface area contributed by atoms with Gasteiger partial charge in [-0.05, 0) is 37.1 Å². The number of carbonyl (C=O) groups excluding carboxylic acids is 1. The minimum absolute atomic E-state index is 0.191. The van der Waals surface area contributed by atoms with Gasteiger partial charge in [0.2, 0.25) is 5.89 Å². The normalized spacial score (nSPS) is 11.4. The van der Waals surface area contributed by atoms with E-state index in [9.17, 15) is 13.2 Å². The van der Waals surface area contributed by atoms with Crippen LogP contribution in [-0.4, -0.2) is 32.0 Å². The number of rotatable bonds is 9. The molecule has 0 spiro atoms. The summed E-state index contributed by atoms with van der Waals surface area (Å²) in [6, 6.07) is 16.7. The topological polar surface area (TPSA) is 86.5 Å². The number of ether oxygens (including phenoxy) is 1. The Morgan fingerprint density at radius 3 is 2.59 bits per heavy atom. The Labute approximate surface area is 170 Å². The van der Waals surface area contributed by atoms with E-state index in [-0.39, 0.29) is 18.0 Å². The Kier molecular flexibility index (Phi) is 6.49. The van der Waals surface area contributed by atoms with Gasteiger partial charge in [-0.2, -0.15) is 0 Å². The predicted octanol–water partition coefficient (Wildman–Crippen LogP) is 3.78. The smallest absolute Gasteiger partial charge is 0.226 e. The molecule has 0 fully saturated rings. The molecule has 0 aliphatic heterocycles. The van der Waals surface area contributed by atoms with Crippen molar-refractivity contribution in [3.63, 3.8) is 0 Å². The SMILES string of the molecule is COc1cccc(-c2nc(CS(=O)(=O)CC(=O)CCc3ccccc3)c(C)o2)c1. The summed E-state index contributed by atoms with van der Waals surface area (Å²) in [7, 11) is -2.08. The van der Waals surface area contributed by atoms with Crippen LogP contribution in [0.4, 0.5) is 0 Å². The lowest BCUT2D eigenvalue weighted by atomic mass is 10.1. The molecular weight excluding hydrogens is 390 g/mol. The first-order valence-electron chi connectivity index (χ1n) is 9.23. The second-order valence-electron chi connectivity index (χ2n) is 6.81. The number of aryl methyl sites for hydroxylation is 2. The molecule has 152 valence electrons. The van der Waals surface area contributed by atoms with Crippen molar-refractivity contribution in [2.45, 2.75) is 25.5 Å². The van der Waals surface area contributed by atoms with E-state index in [0.29, 0.717) is 35.1 Å². The van der Waals surface area contributed by atoms with Crippen LogP contribution in [0.25, 0.3) is 11.5 Å². The molecule has 0 amide bonds. The van der Waals surface area contributed by atoms with Gasteiger partial charge in [0.1, 0.15) is 23.0 Å². The Balaban J connectivity index is 1.65. The van der Waals surface area contributed by atoms with E-state index < -0.39 is 15.6 Å². The lowest BCUT2D eigenvalue weighted by Crippen LogP contribution is -2.18. The molecule has 3 aromatic rings. The zero-order valence-electron chi connectivity index (χ0n) is 16.4. The first-order valence-corrected chi connectivity index (χ1v) is 11.1. The molecule has 6 nitrogen and oxygen atoms in total. The van der Waals surface area contributed by atoms with Gasteiger partial charge in [-0.3, -0.25) is 4.79 Å². The molecule has 0 aliphatic rings. The van der Waals surface area contributed by atoms with Crippen LogP contribution < -0.4 is 4.74 Å². The maximum atomic E-state index is 12.5. The van der Waals surface area contributed by atoms with E-state index in [1.165, 1.54) is 0 Å². The zero-order chi connectivity index (χ0) is 20.9. The molecule has 0 atom stereocenters. The maximum absolute atomic E-state index is 12.5. The fourth-order valence-electron chi connectivity index (χ4n) is 2.95. The predicted molar refractivity (Wildman–Crippen MR) is 110 cm³/mol. The van der Waals surface area contributed by atoms with Crippen LogP contribution in [0.5, 0.6) is 5.75 Å². The van der Waals surface area contributed by atoms with E-state index in [1.54, 1.807) is 38.3 Å². The molecule has 0 radical (unpaired) electrons. The first-order chi connectivity index (χ1) is 13.9. The van der Waals surface area contributed by atoms with Crippen molar-refractivity contribution in [1.29, 1.82) is 0 Å². The monoisotopic (exact) mass is 413 g/mol. The highest BCUT2D eigenvalue weighted by Gasteiger charge is 2.22. The number of hydrogen-bond donors (Lipinski definition) is 0. The van der Waals surface area contributed by atoms with Crippen LogP contribution in [-0.2, 0) is 26.8 Å². The molecule has 0 saturated heterocycles. The molecule has 0 aliphatic carbocycles. The maximum Gasteiger partial charge on any atom is 0.226 e. The Hall–Kier alpha value is -2.93. The number of hydrogen-bond acceptors (Lipinski definition) is 6. The van der Waals surface area contributed by atoms with Gasteiger partial charge in [-0.25, -0.2) is 13.4 Å². The molecule has 1 aromatic heterocycles. The van der Waals surface area contributed by atoms with Crippen LogP contribution in [0.3, 0.4) is 0 Å². The van der Waals surface area contributed by atoms with Crippen molar-refractivity contribution < 1.29 is 22.4 Å². The highest BCUT2D eigenvalue weighted by Crippen LogP contribution is 2.26. The molecule has 0 saturated carbocycles. The van der Waals surface area contributed by atoms with Crippen LogP contribution in [0, 0.1) is 6.92 Å². The number of Topliss-reactive ketones (excluding diaryl/α,β-unsaturated/α-hetero) is 1. The van der Waals surface area contributed by atoms with Gasteiger partial charge < -0.3 is 9.15 Å². The van der Waals surface area contributed by atoms with Crippen LogP contribution >= 0.6 is 0 Å². The number of ketones is 1. The molecule has 0 bridgehead atoms. The summed E-state index contributed by atoms with van der Waals surface area (Å²) >= 11 is 0. The third-order valence-electron chi connectivity index (χ3n) is 4.48. The fourth-order valence-corrected chi connectivity index (χ4v) is 4.37. The minimum atomic E-state index is -3.64. The highest BCUT2D eigenvalue weighted by molar-refractivity contribution is 7.91. The number of benzene rings is 2. The summed E-state index contributed by atoms with van der Waals surface area (Å²) in [6.07, 6.45) is 0.717. The van der Waals surface area contributed by atoms with Crippen LogP contribution in [0.2, 0.25) is 0 Å². The van der Waals surface area contributed by atoms with Gasteiger partial charge >= 0.3 is 0 Å². The molecule has 29 heavy (non-hydrogen) atoms. The van der Waals surface area contributed by atoms with Gasteiger partial charge in [-0.1, -0.05) is 36.4 Å². The van der Waals surface area contributed by atoms with Crippen molar-refractivity contribution in [1.82, 2.24) is 4.98 Å². The second-order valence-corrected chi connectivity index (χ2v) is 8.87. The standard InChI is InChI=1S/C22H23NO5S/c1-16-21(23-22(28-16)18-9-6-10-20(13-18)27-2)15-29(25,26)14-19(24)12-11-17-7-4-3-5-8-17/h3-10,13H,11-12,14-15H2,1-2H3. The molecule has 3 rings (SSSR count). The van der Waals surface area contributed by atoms with E-state index >= 15 is 0 Å². The Bertz CT molecular complexity index is 1090. The van der Waals surface area contributed by atoms with Gasteiger partial charge in [-0.15, -0.1) is 0 Å². The van der Waals surface area contributed by atoms with Crippen molar-refractivity contribution in [3.8, 4) is 17.2 Å². The number of aromatic nitrogens is 1. The fraction of sp³-hybridized carbons (Fsp3) is 0.273. The number of sulfone groups is 1. The van der Waals surface area contributed by atoms with Crippen LogP contribution in [0.1, 0.15) is 23.4 Å². The average molecular weight is 413 g/mol. The second kappa shape index (κ2) is 9.05.